The second-order valence-corrected chi connectivity index (χ2v) is 10.4. The first-order valence-electron chi connectivity index (χ1n) is 12.9. The topological polar surface area (TPSA) is 55.2 Å². The number of rotatable bonds is 7. The minimum Gasteiger partial charge on any atom is -0.329 e. The van der Waals surface area contributed by atoms with Crippen LogP contribution in [0.1, 0.15) is 49.4 Å². The number of hydrogen-bond donors (Lipinski definition) is 0. The minimum absolute atomic E-state index is 0.165. The van der Waals surface area contributed by atoms with Gasteiger partial charge in [0.2, 0.25) is 0 Å². The Balaban J connectivity index is 1.71. The molecule has 0 radical (unpaired) electrons. The van der Waals surface area contributed by atoms with Gasteiger partial charge in [0.15, 0.2) is 0 Å². The van der Waals surface area contributed by atoms with Crippen molar-refractivity contribution in [3.63, 3.8) is 0 Å². The summed E-state index contributed by atoms with van der Waals surface area (Å²) >= 11 is 6.44. The van der Waals surface area contributed by atoms with Crippen LogP contribution in [0.4, 0.5) is 0 Å². The zero-order valence-corrected chi connectivity index (χ0v) is 22.5. The zero-order chi connectivity index (χ0) is 26.8. The van der Waals surface area contributed by atoms with Gasteiger partial charge in [0.05, 0.1) is 33.2 Å². The van der Waals surface area contributed by atoms with Gasteiger partial charge in [-0.05, 0) is 66.4 Å². The standard InChI is InChI=1S/C32H30ClN3O2/c1-21(2)18-19-35(31(37)26-12-6-8-14-28(26)33)22(3)30-34-29-15-9-7-13-27(29)32(38)36(30)25-17-16-23-10-4-5-11-24(23)20-25/h4-17,20-22H,18-19H2,1-3H3. The lowest BCUT2D eigenvalue weighted by Gasteiger charge is -2.31. The monoisotopic (exact) mass is 523 g/mol. The third-order valence-corrected chi connectivity index (χ3v) is 7.28. The molecule has 0 fully saturated rings. The molecule has 5 rings (SSSR count). The summed E-state index contributed by atoms with van der Waals surface area (Å²) in [4.78, 5) is 34.6. The number of amides is 1. The molecule has 6 heteroatoms. The summed E-state index contributed by atoms with van der Waals surface area (Å²) in [5.41, 5.74) is 1.58. The van der Waals surface area contributed by atoms with E-state index in [1.807, 2.05) is 79.7 Å². The number of benzene rings is 4. The van der Waals surface area contributed by atoms with Crippen LogP contribution in [0.15, 0.2) is 95.8 Å². The van der Waals surface area contributed by atoms with Crippen molar-refractivity contribution in [3.05, 3.63) is 118 Å². The third kappa shape index (κ3) is 4.94. The van der Waals surface area contributed by atoms with Gasteiger partial charge in [-0.3, -0.25) is 14.2 Å². The van der Waals surface area contributed by atoms with Gasteiger partial charge < -0.3 is 4.90 Å². The van der Waals surface area contributed by atoms with Crippen molar-refractivity contribution in [1.82, 2.24) is 14.5 Å². The van der Waals surface area contributed by atoms with E-state index in [2.05, 4.69) is 13.8 Å². The average molecular weight is 524 g/mol. The van der Waals surface area contributed by atoms with Gasteiger partial charge >= 0.3 is 0 Å². The Hall–Kier alpha value is -3.96. The second kappa shape index (κ2) is 10.8. The number of fused-ring (bicyclic) bond motifs is 2. The molecule has 0 saturated carbocycles. The fraction of sp³-hybridized carbons (Fsp3) is 0.219. The predicted octanol–water partition coefficient (Wildman–Crippen LogP) is 7.44. The van der Waals surface area contributed by atoms with E-state index in [0.29, 0.717) is 45.5 Å². The van der Waals surface area contributed by atoms with E-state index in [1.54, 1.807) is 27.7 Å². The van der Waals surface area contributed by atoms with Gasteiger partial charge in [-0.1, -0.05) is 80.0 Å². The fourth-order valence-electron chi connectivity index (χ4n) is 4.79. The van der Waals surface area contributed by atoms with Crippen molar-refractivity contribution in [2.45, 2.75) is 33.2 Å². The summed E-state index contributed by atoms with van der Waals surface area (Å²) in [5.74, 6) is 0.709. The fourth-order valence-corrected chi connectivity index (χ4v) is 5.01. The molecule has 4 aromatic carbocycles. The molecule has 0 saturated heterocycles. The molecule has 0 spiro atoms. The Morgan fingerprint density at radius 3 is 2.34 bits per heavy atom. The van der Waals surface area contributed by atoms with E-state index >= 15 is 0 Å². The molecule has 5 nitrogen and oxygen atoms in total. The molecule has 1 atom stereocenters. The molecule has 0 aliphatic rings. The van der Waals surface area contributed by atoms with Crippen LogP contribution in [0.25, 0.3) is 27.4 Å². The van der Waals surface area contributed by atoms with Crippen molar-refractivity contribution < 1.29 is 4.79 Å². The quantitative estimate of drug-likeness (QED) is 0.223. The smallest absolute Gasteiger partial charge is 0.266 e. The van der Waals surface area contributed by atoms with Crippen LogP contribution in [-0.4, -0.2) is 26.9 Å². The van der Waals surface area contributed by atoms with Crippen molar-refractivity contribution in [2.24, 2.45) is 5.92 Å². The lowest BCUT2D eigenvalue weighted by Crippen LogP contribution is -2.38. The molecule has 1 amide bonds. The number of aromatic nitrogens is 2. The number of nitrogens with zero attached hydrogens (tertiary/aromatic N) is 3. The van der Waals surface area contributed by atoms with E-state index in [4.69, 9.17) is 16.6 Å². The lowest BCUT2D eigenvalue weighted by molar-refractivity contribution is 0.0671. The molecule has 0 N–H and O–H groups in total. The van der Waals surface area contributed by atoms with Crippen molar-refractivity contribution in [2.75, 3.05) is 6.54 Å². The number of hydrogen-bond acceptors (Lipinski definition) is 3. The van der Waals surface area contributed by atoms with Crippen LogP contribution in [0.3, 0.4) is 0 Å². The molecular weight excluding hydrogens is 494 g/mol. The Morgan fingerprint density at radius 1 is 0.895 bits per heavy atom. The van der Waals surface area contributed by atoms with Crippen LogP contribution < -0.4 is 5.56 Å². The summed E-state index contributed by atoms with van der Waals surface area (Å²) in [7, 11) is 0. The van der Waals surface area contributed by atoms with Crippen LogP contribution >= 0.6 is 11.6 Å². The zero-order valence-electron chi connectivity index (χ0n) is 21.8. The maximum atomic E-state index is 14.0. The highest BCUT2D eigenvalue weighted by Gasteiger charge is 2.28. The maximum absolute atomic E-state index is 14.0. The van der Waals surface area contributed by atoms with Crippen LogP contribution in [0, 0.1) is 5.92 Å². The van der Waals surface area contributed by atoms with Gasteiger partial charge in [0, 0.05) is 6.54 Å². The van der Waals surface area contributed by atoms with Crippen molar-refractivity contribution in [1.29, 1.82) is 0 Å². The number of para-hydroxylation sites is 1. The molecule has 38 heavy (non-hydrogen) atoms. The molecule has 0 aliphatic heterocycles. The molecule has 192 valence electrons. The molecule has 1 unspecified atom stereocenters. The summed E-state index contributed by atoms with van der Waals surface area (Å²) in [6.07, 6.45) is 0.800. The van der Waals surface area contributed by atoms with Gasteiger partial charge in [0.1, 0.15) is 5.82 Å². The van der Waals surface area contributed by atoms with Crippen LogP contribution in [-0.2, 0) is 0 Å². The van der Waals surface area contributed by atoms with Crippen LogP contribution in [0.5, 0.6) is 0 Å². The van der Waals surface area contributed by atoms with E-state index < -0.39 is 6.04 Å². The maximum Gasteiger partial charge on any atom is 0.266 e. The molecule has 5 aromatic rings. The predicted molar refractivity (Wildman–Crippen MR) is 155 cm³/mol. The second-order valence-electron chi connectivity index (χ2n) is 10.00. The summed E-state index contributed by atoms with van der Waals surface area (Å²) in [6, 6.07) is 27.9. The van der Waals surface area contributed by atoms with Gasteiger partial charge in [0.25, 0.3) is 11.5 Å². The van der Waals surface area contributed by atoms with Gasteiger partial charge in [-0.25, -0.2) is 4.98 Å². The largest absolute Gasteiger partial charge is 0.329 e. The van der Waals surface area contributed by atoms with E-state index in [0.717, 1.165) is 17.2 Å². The highest BCUT2D eigenvalue weighted by molar-refractivity contribution is 6.33. The average Bonchev–Trinajstić information content (AvgIpc) is 2.92. The molecule has 1 heterocycles. The van der Waals surface area contributed by atoms with Crippen LogP contribution in [0.2, 0.25) is 5.02 Å². The molecule has 1 aromatic heterocycles. The first-order chi connectivity index (χ1) is 18.3. The van der Waals surface area contributed by atoms with Gasteiger partial charge in [-0.2, -0.15) is 0 Å². The Kier molecular flexibility index (Phi) is 7.30. The van der Waals surface area contributed by atoms with Gasteiger partial charge in [-0.15, -0.1) is 0 Å². The van der Waals surface area contributed by atoms with E-state index in [-0.39, 0.29) is 11.5 Å². The summed E-state index contributed by atoms with van der Waals surface area (Å²) < 4.78 is 1.65. The molecule has 0 aliphatic carbocycles. The molecular formula is C32H30ClN3O2. The number of carbonyl (C=O) groups excluding carboxylic acids is 1. The first-order valence-corrected chi connectivity index (χ1v) is 13.3. The Labute approximate surface area is 227 Å². The SMILES string of the molecule is CC(C)CCN(C(=O)c1ccccc1Cl)C(C)c1nc2ccccc2c(=O)n1-c1ccc2ccccc2c1. The summed E-state index contributed by atoms with van der Waals surface area (Å²) in [6.45, 7) is 6.69. The highest BCUT2D eigenvalue weighted by Crippen LogP contribution is 2.28. The van der Waals surface area contributed by atoms with Crippen molar-refractivity contribution in [3.8, 4) is 5.69 Å². The van der Waals surface area contributed by atoms with Crippen molar-refractivity contribution >= 4 is 39.2 Å². The summed E-state index contributed by atoms with van der Waals surface area (Å²) in [5, 5.41) is 3.04. The lowest BCUT2D eigenvalue weighted by atomic mass is 10.1. The Morgan fingerprint density at radius 2 is 1.58 bits per heavy atom. The highest BCUT2D eigenvalue weighted by atomic mass is 35.5. The molecule has 0 bridgehead atoms. The third-order valence-electron chi connectivity index (χ3n) is 6.95. The Bertz CT molecular complexity index is 1690. The van der Waals surface area contributed by atoms with E-state index in [9.17, 15) is 9.59 Å². The number of halogens is 1. The first kappa shape index (κ1) is 25.7. The number of carbonyl (C=O) groups is 1. The van der Waals surface area contributed by atoms with E-state index in [1.165, 1.54) is 0 Å². The normalized spacial score (nSPS) is 12.2. The minimum atomic E-state index is -0.499.